The van der Waals surface area contributed by atoms with Gasteiger partial charge in [-0.2, -0.15) is 11.3 Å². The lowest BCUT2D eigenvalue weighted by Gasteiger charge is -2.25. The summed E-state index contributed by atoms with van der Waals surface area (Å²) in [6.07, 6.45) is 6.81. The topological polar surface area (TPSA) is 24.5 Å². The molecule has 4 heteroatoms. The van der Waals surface area contributed by atoms with Gasteiger partial charge in [0.2, 0.25) is 0 Å². The first-order valence-corrected chi connectivity index (χ1v) is 8.93. The Balaban J connectivity index is 1.34. The molecule has 2 fully saturated rings. The van der Waals surface area contributed by atoms with Gasteiger partial charge in [0, 0.05) is 25.7 Å². The van der Waals surface area contributed by atoms with E-state index in [9.17, 15) is 0 Å². The van der Waals surface area contributed by atoms with Gasteiger partial charge in [-0.3, -0.25) is 4.90 Å². The summed E-state index contributed by atoms with van der Waals surface area (Å²) >= 11 is 1.80. The maximum Gasteiger partial charge on any atom is 0.0599 e. The van der Waals surface area contributed by atoms with E-state index in [1.54, 1.807) is 11.3 Å². The van der Waals surface area contributed by atoms with Gasteiger partial charge in [0.25, 0.3) is 0 Å². The minimum atomic E-state index is 0.502. The highest BCUT2D eigenvalue weighted by Crippen LogP contribution is 2.28. The first-order chi connectivity index (χ1) is 9.92. The molecule has 1 N–H and O–H groups in total. The molecule has 1 aliphatic heterocycles. The van der Waals surface area contributed by atoms with Crippen LogP contribution in [-0.2, 0) is 11.3 Å². The average molecular weight is 294 g/mol. The Kier molecular flexibility index (Phi) is 5.48. The summed E-state index contributed by atoms with van der Waals surface area (Å²) < 4.78 is 6.00. The molecule has 0 radical (unpaired) electrons. The van der Waals surface area contributed by atoms with Gasteiger partial charge in [0.15, 0.2) is 0 Å². The molecule has 0 aromatic carbocycles. The van der Waals surface area contributed by atoms with Crippen LogP contribution in [-0.4, -0.2) is 43.3 Å². The third-order valence-corrected chi connectivity index (χ3v) is 4.99. The molecule has 1 aromatic rings. The van der Waals surface area contributed by atoms with Crippen LogP contribution in [0.25, 0.3) is 0 Å². The molecule has 1 saturated carbocycles. The minimum Gasteiger partial charge on any atom is -0.378 e. The van der Waals surface area contributed by atoms with E-state index in [1.807, 2.05) is 0 Å². The fourth-order valence-corrected chi connectivity index (χ4v) is 3.59. The van der Waals surface area contributed by atoms with Gasteiger partial charge in [0.05, 0.1) is 6.10 Å². The van der Waals surface area contributed by atoms with Crippen LogP contribution in [0.1, 0.15) is 37.7 Å². The molecule has 2 heterocycles. The van der Waals surface area contributed by atoms with Gasteiger partial charge in [-0.1, -0.05) is 0 Å². The number of rotatable bonds is 8. The zero-order valence-corrected chi connectivity index (χ0v) is 13.0. The van der Waals surface area contributed by atoms with Crippen molar-refractivity contribution < 1.29 is 4.74 Å². The van der Waals surface area contributed by atoms with Crippen molar-refractivity contribution in [1.82, 2.24) is 10.2 Å². The molecule has 3 rings (SSSR count). The molecule has 1 saturated heterocycles. The van der Waals surface area contributed by atoms with Gasteiger partial charge in [0.1, 0.15) is 0 Å². The molecule has 1 aliphatic carbocycles. The van der Waals surface area contributed by atoms with Crippen molar-refractivity contribution in [1.29, 1.82) is 0 Å². The summed E-state index contributed by atoms with van der Waals surface area (Å²) in [7, 11) is 0. The SMILES string of the molecule is c1cc(CN(CCCOC2CCNCC2)C2CC2)cs1. The maximum absolute atomic E-state index is 6.00. The van der Waals surface area contributed by atoms with Crippen molar-refractivity contribution in [2.24, 2.45) is 0 Å². The van der Waals surface area contributed by atoms with E-state index in [1.165, 1.54) is 44.2 Å². The number of piperidine rings is 1. The second-order valence-corrected chi connectivity index (χ2v) is 6.79. The monoisotopic (exact) mass is 294 g/mol. The van der Waals surface area contributed by atoms with Crippen molar-refractivity contribution in [3.05, 3.63) is 22.4 Å². The standard InChI is InChI=1S/C16H26N2OS/c1(10-19-16-4-7-17-8-5-16)9-18(15-2-3-15)12-14-6-11-20-13-14/h6,11,13,15-17H,1-5,7-10,12H2. The molecule has 2 aliphatic rings. The Morgan fingerprint density at radius 3 is 2.80 bits per heavy atom. The lowest BCUT2D eigenvalue weighted by Crippen LogP contribution is -2.33. The summed E-state index contributed by atoms with van der Waals surface area (Å²) in [5.74, 6) is 0. The third kappa shape index (κ3) is 4.55. The summed E-state index contributed by atoms with van der Waals surface area (Å²) in [5, 5.41) is 7.84. The summed E-state index contributed by atoms with van der Waals surface area (Å²) in [4.78, 5) is 2.65. The van der Waals surface area contributed by atoms with Crippen LogP contribution >= 0.6 is 11.3 Å². The second kappa shape index (κ2) is 7.55. The van der Waals surface area contributed by atoms with Crippen molar-refractivity contribution in [2.45, 2.75) is 50.8 Å². The number of hydrogen-bond acceptors (Lipinski definition) is 4. The fraction of sp³-hybridized carbons (Fsp3) is 0.750. The highest BCUT2D eigenvalue weighted by atomic mass is 32.1. The number of hydrogen-bond donors (Lipinski definition) is 1. The average Bonchev–Trinajstić information content (AvgIpc) is 3.21. The molecule has 0 spiro atoms. The Labute approximate surface area is 126 Å². The van der Waals surface area contributed by atoms with Crippen molar-refractivity contribution in [3.63, 3.8) is 0 Å². The van der Waals surface area contributed by atoms with Crippen molar-refractivity contribution >= 4 is 11.3 Å². The van der Waals surface area contributed by atoms with Crippen LogP contribution in [0.15, 0.2) is 16.8 Å². The zero-order valence-electron chi connectivity index (χ0n) is 12.2. The van der Waals surface area contributed by atoms with E-state index in [4.69, 9.17) is 4.74 Å². The zero-order chi connectivity index (χ0) is 13.6. The molecule has 0 unspecified atom stereocenters. The van der Waals surface area contributed by atoms with Crippen LogP contribution in [0, 0.1) is 0 Å². The second-order valence-electron chi connectivity index (χ2n) is 6.01. The van der Waals surface area contributed by atoms with E-state index >= 15 is 0 Å². The van der Waals surface area contributed by atoms with Gasteiger partial charge < -0.3 is 10.1 Å². The summed E-state index contributed by atoms with van der Waals surface area (Å²) in [5.41, 5.74) is 1.47. The Bertz CT molecular complexity index is 372. The highest BCUT2D eigenvalue weighted by Gasteiger charge is 2.28. The molecule has 3 nitrogen and oxygen atoms in total. The molecule has 112 valence electrons. The molecular weight excluding hydrogens is 268 g/mol. The van der Waals surface area contributed by atoms with Gasteiger partial charge in [-0.25, -0.2) is 0 Å². The van der Waals surface area contributed by atoms with E-state index in [0.717, 1.165) is 32.3 Å². The number of nitrogens with one attached hydrogen (secondary N) is 1. The molecule has 20 heavy (non-hydrogen) atoms. The van der Waals surface area contributed by atoms with E-state index in [0.29, 0.717) is 6.10 Å². The molecule has 0 amide bonds. The lowest BCUT2D eigenvalue weighted by atomic mass is 10.1. The number of ether oxygens (including phenoxy) is 1. The maximum atomic E-state index is 6.00. The Hall–Kier alpha value is -0.420. The first-order valence-electron chi connectivity index (χ1n) is 7.99. The van der Waals surface area contributed by atoms with Gasteiger partial charge in [-0.15, -0.1) is 0 Å². The highest BCUT2D eigenvalue weighted by molar-refractivity contribution is 7.07. The van der Waals surface area contributed by atoms with Crippen LogP contribution in [0.2, 0.25) is 0 Å². The van der Waals surface area contributed by atoms with Crippen molar-refractivity contribution in [2.75, 3.05) is 26.2 Å². The van der Waals surface area contributed by atoms with Crippen molar-refractivity contribution in [3.8, 4) is 0 Å². The smallest absolute Gasteiger partial charge is 0.0599 e. The predicted molar refractivity (Wildman–Crippen MR) is 84.2 cm³/mol. The van der Waals surface area contributed by atoms with Crippen LogP contribution in [0.3, 0.4) is 0 Å². The molecule has 1 aromatic heterocycles. The van der Waals surface area contributed by atoms with Gasteiger partial charge in [-0.05, 0) is 67.6 Å². The van der Waals surface area contributed by atoms with Gasteiger partial charge >= 0.3 is 0 Å². The van der Waals surface area contributed by atoms with E-state index < -0.39 is 0 Å². The van der Waals surface area contributed by atoms with E-state index in [2.05, 4.69) is 27.0 Å². The third-order valence-electron chi connectivity index (χ3n) is 4.26. The Morgan fingerprint density at radius 1 is 1.25 bits per heavy atom. The first kappa shape index (κ1) is 14.5. The van der Waals surface area contributed by atoms with E-state index in [-0.39, 0.29) is 0 Å². The fourth-order valence-electron chi connectivity index (χ4n) is 2.93. The number of thiophene rings is 1. The molecule has 0 bridgehead atoms. The normalized spacial score (nSPS) is 20.6. The summed E-state index contributed by atoms with van der Waals surface area (Å²) in [6, 6.07) is 3.10. The molecular formula is C16H26N2OS. The predicted octanol–water partition coefficient (Wildman–Crippen LogP) is 2.87. The van der Waals surface area contributed by atoms with Crippen LogP contribution in [0.4, 0.5) is 0 Å². The van der Waals surface area contributed by atoms with Crippen LogP contribution in [0.5, 0.6) is 0 Å². The lowest BCUT2D eigenvalue weighted by molar-refractivity contribution is 0.0271. The summed E-state index contributed by atoms with van der Waals surface area (Å²) in [6.45, 7) is 5.48. The molecule has 0 atom stereocenters. The quantitative estimate of drug-likeness (QED) is 0.746. The number of nitrogens with zero attached hydrogens (tertiary/aromatic N) is 1. The minimum absolute atomic E-state index is 0.502. The van der Waals surface area contributed by atoms with Crippen LogP contribution < -0.4 is 5.32 Å². The Morgan fingerprint density at radius 2 is 2.10 bits per heavy atom. The largest absolute Gasteiger partial charge is 0.378 e.